The topological polar surface area (TPSA) is 32.3 Å². The highest BCUT2D eigenvalue weighted by atomic mass is 19.2. The summed E-state index contributed by atoms with van der Waals surface area (Å²) in [4.78, 5) is 13.8. The monoisotopic (exact) mass is 370 g/mol. The summed E-state index contributed by atoms with van der Waals surface area (Å²) in [6, 6.07) is 5.10. The molecule has 6 rings (SSSR count). The molecule has 0 saturated carbocycles. The van der Waals surface area contributed by atoms with E-state index in [0.717, 1.165) is 30.2 Å². The van der Waals surface area contributed by atoms with Crippen LogP contribution in [0.5, 0.6) is 0 Å². The summed E-state index contributed by atoms with van der Waals surface area (Å²) in [6.45, 7) is 6.81. The van der Waals surface area contributed by atoms with Crippen molar-refractivity contribution in [2.45, 2.75) is 44.7 Å². The van der Waals surface area contributed by atoms with Gasteiger partial charge in [-0.1, -0.05) is 12.1 Å². The van der Waals surface area contributed by atoms with Crippen LogP contribution in [0.15, 0.2) is 24.5 Å². The summed E-state index contributed by atoms with van der Waals surface area (Å²) in [5, 5.41) is 0. The Bertz CT molecular complexity index is 807. The molecule has 2 bridgehead atoms. The van der Waals surface area contributed by atoms with E-state index in [1.807, 2.05) is 6.92 Å². The third-order valence-electron chi connectivity index (χ3n) is 6.96. The quantitative estimate of drug-likeness (QED) is 0.811. The highest BCUT2D eigenvalue weighted by Crippen LogP contribution is 2.48. The van der Waals surface area contributed by atoms with E-state index >= 15 is 0 Å². The lowest BCUT2D eigenvalue weighted by atomic mass is 9.75. The van der Waals surface area contributed by atoms with Gasteiger partial charge in [0.15, 0.2) is 11.6 Å². The molecule has 142 valence electrons. The third-order valence-corrected chi connectivity index (χ3v) is 6.96. The number of fused-ring (bicyclic) bond motifs is 2. The zero-order valence-corrected chi connectivity index (χ0v) is 15.7. The van der Waals surface area contributed by atoms with E-state index in [4.69, 9.17) is 0 Å². The normalized spacial score (nSPS) is 32.0. The van der Waals surface area contributed by atoms with Crippen molar-refractivity contribution >= 4 is 5.82 Å². The fourth-order valence-corrected chi connectivity index (χ4v) is 5.56. The van der Waals surface area contributed by atoms with E-state index in [1.165, 1.54) is 18.9 Å². The highest BCUT2D eigenvalue weighted by molar-refractivity contribution is 5.52. The van der Waals surface area contributed by atoms with Crippen LogP contribution in [0.1, 0.15) is 35.6 Å². The molecule has 1 aromatic heterocycles. The van der Waals surface area contributed by atoms with Crippen LogP contribution in [0, 0.1) is 31.4 Å². The van der Waals surface area contributed by atoms with Crippen LogP contribution in [0.3, 0.4) is 0 Å². The molecule has 2 aromatic rings. The number of nitrogens with zero attached hydrogens (tertiary/aromatic N) is 4. The molecular formula is C21H24F2N4. The summed E-state index contributed by atoms with van der Waals surface area (Å²) in [6.07, 6.45) is 3.95. The smallest absolute Gasteiger partial charge is 0.162 e. The van der Waals surface area contributed by atoms with Gasteiger partial charge >= 0.3 is 0 Å². The molecule has 0 spiro atoms. The average Bonchev–Trinajstić information content (AvgIpc) is 3.09. The molecule has 0 N–H and O–H groups in total. The second kappa shape index (κ2) is 6.23. The van der Waals surface area contributed by atoms with E-state index < -0.39 is 11.6 Å². The summed E-state index contributed by atoms with van der Waals surface area (Å²) in [5.74, 6) is 0.0270. The summed E-state index contributed by atoms with van der Waals surface area (Å²) in [7, 11) is 0. The predicted molar refractivity (Wildman–Crippen MR) is 99.8 cm³/mol. The zero-order valence-electron chi connectivity index (χ0n) is 15.7. The van der Waals surface area contributed by atoms with Crippen molar-refractivity contribution in [3.8, 4) is 0 Å². The maximum atomic E-state index is 14.7. The zero-order chi connectivity index (χ0) is 18.7. The Labute approximate surface area is 158 Å². The fraction of sp³-hybridized carbons (Fsp3) is 0.524. The minimum atomic E-state index is -0.757. The molecule has 0 radical (unpaired) electrons. The first kappa shape index (κ1) is 17.0. The van der Waals surface area contributed by atoms with Gasteiger partial charge in [-0.2, -0.15) is 0 Å². The molecule has 1 aromatic carbocycles. The van der Waals surface area contributed by atoms with Crippen LogP contribution in [0.25, 0.3) is 0 Å². The lowest BCUT2D eigenvalue weighted by Gasteiger charge is -2.51. The largest absolute Gasteiger partial charge is 0.351 e. The maximum absolute atomic E-state index is 14.7. The van der Waals surface area contributed by atoms with Crippen LogP contribution < -0.4 is 4.90 Å². The van der Waals surface area contributed by atoms with Gasteiger partial charge < -0.3 is 4.90 Å². The van der Waals surface area contributed by atoms with E-state index in [0.29, 0.717) is 24.1 Å². The first-order chi connectivity index (χ1) is 13.1. The fourth-order valence-electron chi connectivity index (χ4n) is 5.56. The lowest BCUT2D eigenvalue weighted by Crippen LogP contribution is -2.60. The Balaban J connectivity index is 1.62. The number of hydrogen-bond acceptors (Lipinski definition) is 4. The van der Waals surface area contributed by atoms with E-state index in [9.17, 15) is 8.78 Å². The van der Waals surface area contributed by atoms with Crippen molar-refractivity contribution in [3.63, 3.8) is 0 Å². The van der Waals surface area contributed by atoms with Gasteiger partial charge in [-0.15, -0.1) is 0 Å². The molecular weight excluding hydrogens is 346 g/mol. The Morgan fingerprint density at radius 1 is 1.04 bits per heavy atom. The van der Waals surface area contributed by atoms with E-state index in [-0.39, 0.29) is 12.0 Å². The molecule has 4 fully saturated rings. The van der Waals surface area contributed by atoms with Crippen LogP contribution in [0.4, 0.5) is 14.6 Å². The van der Waals surface area contributed by atoms with E-state index in [2.05, 4.69) is 26.7 Å². The van der Waals surface area contributed by atoms with Crippen LogP contribution in [-0.2, 0) is 0 Å². The van der Waals surface area contributed by atoms with Gasteiger partial charge in [-0.05, 0) is 57.3 Å². The van der Waals surface area contributed by atoms with Gasteiger partial charge in [0.1, 0.15) is 12.1 Å². The number of hydrogen-bond donors (Lipinski definition) is 0. The molecule has 27 heavy (non-hydrogen) atoms. The number of anilines is 1. The average molecular weight is 370 g/mol. The Morgan fingerprint density at radius 2 is 1.81 bits per heavy atom. The lowest BCUT2D eigenvalue weighted by molar-refractivity contribution is 0.0349. The Hall–Kier alpha value is -2.08. The molecule has 3 atom stereocenters. The van der Waals surface area contributed by atoms with Crippen LogP contribution >= 0.6 is 0 Å². The van der Waals surface area contributed by atoms with E-state index in [1.54, 1.807) is 18.5 Å². The number of benzene rings is 1. The maximum Gasteiger partial charge on any atom is 0.162 e. The molecule has 0 amide bonds. The molecule has 6 heteroatoms. The van der Waals surface area contributed by atoms with Crippen molar-refractivity contribution < 1.29 is 8.78 Å². The SMILES string of the molecule is Cc1ncnc(N2C[C@H](c3cccc(F)c3F)[C@@H]3[C@H]2C2CCN3CC2)c1C. The molecule has 0 unspecified atom stereocenters. The number of halogens is 2. The van der Waals surface area contributed by atoms with Crippen LogP contribution in [0.2, 0.25) is 0 Å². The predicted octanol–water partition coefficient (Wildman–Crippen LogP) is 3.44. The summed E-state index contributed by atoms with van der Waals surface area (Å²) < 4.78 is 28.6. The van der Waals surface area contributed by atoms with Gasteiger partial charge in [-0.25, -0.2) is 18.7 Å². The first-order valence-corrected chi connectivity index (χ1v) is 9.79. The summed E-state index contributed by atoms with van der Waals surface area (Å²) >= 11 is 0. The van der Waals surface area contributed by atoms with Gasteiger partial charge in [-0.3, -0.25) is 4.90 Å². The van der Waals surface area contributed by atoms with Gasteiger partial charge in [0, 0.05) is 35.8 Å². The molecule has 4 aliphatic heterocycles. The molecule has 5 heterocycles. The van der Waals surface area contributed by atoms with Crippen molar-refractivity contribution in [1.29, 1.82) is 0 Å². The summed E-state index contributed by atoms with van der Waals surface area (Å²) in [5.41, 5.74) is 2.55. The molecule has 4 saturated heterocycles. The van der Waals surface area contributed by atoms with Gasteiger partial charge in [0.2, 0.25) is 0 Å². The minimum absolute atomic E-state index is 0.0523. The number of rotatable bonds is 2. The van der Waals surface area contributed by atoms with Crippen molar-refractivity contribution in [1.82, 2.24) is 14.9 Å². The highest BCUT2D eigenvalue weighted by Gasteiger charge is 2.54. The number of piperidine rings is 3. The van der Waals surface area contributed by atoms with Crippen molar-refractivity contribution in [2.75, 3.05) is 24.5 Å². The van der Waals surface area contributed by atoms with Gasteiger partial charge in [0.25, 0.3) is 0 Å². The van der Waals surface area contributed by atoms with Crippen molar-refractivity contribution in [3.05, 3.63) is 53.0 Å². The second-order valence-corrected chi connectivity index (χ2v) is 8.16. The second-order valence-electron chi connectivity index (χ2n) is 8.16. The standard InChI is InChI=1S/C21H24F2N4/c1-12-13(2)24-11-25-21(12)27-10-16(15-4-3-5-17(22)18(15)23)20-19(27)14-6-8-26(20)9-7-14/h3-5,11,14,16,19-20H,6-10H2,1-2H3/t16-,19-,20-/m1/s1. The molecule has 4 aliphatic rings. The Kier molecular flexibility index (Phi) is 3.93. The molecule has 0 aliphatic carbocycles. The van der Waals surface area contributed by atoms with Crippen LogP contribution in [-0.4, -0.2) is 46.6 Å². The number of aromatic nitrogens is 2. The van der Waals surface area contributed by atoms with Crippen molar-refractivity contribution in [2.24, 2.45) is 5.92 Å². The third kappa shape index (κ3) is 2.49. The van der Waals surface area contributed by atoms with Gasteiger partial charge in [0.05, 0.1) is 0 Å². The minimum Gasteiger partial charge on any atom is -0.351 e. The first-order valence-electron chi connectivity index (χ1n) is 9.79. The Morgan fingerprint density at radius 3 is 2.59 bits per heavy atom. The number of aryl methyl sites for hydroxylation is 1. The molecule has 4 nitrogen and oxygen atoms in total.